The van der Waals surface area contributed by atoms with Crippen molar-refractivity contribution in [2.24, 2.45) is 0 Å². The zero-order valence-corrected chi connectivity index (χ0v) is 18.2. The van der Waals surface area contributed by atoms with E-state index in [0.29, 0.717) is 24.5 Å². The Balaban J connectivity index is 1.55. The van der Waals surface area contributed by atoms with Crippen LogP contribution in [0.1, 0.15) is 41.7 Å². The number of likely N-dealkylation sites (tertiary alicyclic amines) is 1. The van der Waals surface area contributed by atoms with Gasteiger partial charge in [0.2, 0.25) is 5.91 Å². The first-order chi connectivity index (χ1) is 15.1. The van der Waals surface area contributed by atoms with E-state index in [4.69, 9.17) is 9.47 Å². The minimum Gasteiger partial charge on any atom is -0.496 e. The fourth-order valence-corrected chi connectivity index (χ4v) is 3.84. The quantitative estimate of drug-likeness (QED) is 0.612. The van der Waals surface area contributed by atoms with Crippen molar-refractivity contribution in [3.05, 3.63) is 59.7 Å². The molecule has 1 aliphatic heterocycles. The van der Waals surface area contributed by atoms with Crippen LogP contribution in [0.5, 0.6) is 11.5 Å². The molecule has 3 rings (SSSR count). The first kappa shape index (κ1) is 22.6. The molecule has 2 aromatic carbocycles. The second-order valence-corrected chi connectivity index (χ2v) is 7.44. The Morgan fingerprint density at radius 1 is 1.03 bits per heavy atom. The van der Waals surface area contributed by atoms with E-state index < -0.39 is 0 Å². The van der Waals surface area contributed by atoms with Gasteiger partial charge in [-0.1, -0.05) is 18.2 Å². The Labute approximate surface area is 183 Å². The summed E-state index contributed by atoms with van der Waals surface area (Å²) in [6.45, 7) is 4.84. The van der Waals surface area contributed by atoms with Gasteiger partial charge < -0.3 is 20.1 Å². The van der Waals surface area contributed by atoms with Crippen molar-refractivity contribution in [3.8, 4) is 11.5 Å². The summed E-state index contributed by atoms with van der Waals surface area (Å²) in [5.74, 6) is 1.01. The van der Waals surface area contributed by atoms with Crippen LogP contribution in [-0.2, 0) is 4.79 Å². The number of para-hydroxylation sites is 1. The van der Waals surface area contributed by atoms with Crippen LogP contribution < -0.4 is 20.1 Å². The molecule has 7 heteroatoms. The van der Waals surface area contributed by atoms with E-state index in [-0.39, 0.29) is 24.4 Å². The molecule has 7 nitrogen and oxygen atoms in total. The summed E-state index contributed by atoms with van der Waals surface area (Å²) in [7, 11) is 1.66. The fourth-order valence-electron chi connectivity index (χ4n) is 3.84. The molecule has 1 saturated heterocycles. The maximum absolute atomic E-state index is 12.4. The van der Waals surface area contributed by atoms with Crippen molar-refractivity contribution in [3.63, 3.8) is 0 Å². The first-order valence-electron chi connectivity index (χ1n) is 10.8. The zero-order valence-electron chi connectivity index (χ0n) is 18.2. The van der Waals surface area contributed by atoms with Gasteiger partial charge in [-0.2, -0.15) is 0 Å². The maximum atomic E-state index is 12.4. The molecule has 31 heavy (non-hydrogen) atoms. The van der Waals surface area contributed by atoms with Crippen LogP contribution in [0, 0.1) is 0 Å². The van der Waals surface area contributed by atoms with Crippen molar-refractivity contribution in [1.29, 1.82) is 0 Å². The van der Waals surface area contributed by atoms with Gasteiger partial charge in [0, 0.05) is 17.7 Å². The summed E-state index contributed by atoms with van der Waals surface area (Å²) in [5.41, 5.74) is 1.55. The summed E-state index contributed by atoms with van der Waals surface area (Å²) >= 11 is 0. The molecule has 0 aromatic heterocycles. The molecule has 2 N–H and O–H groups in total. The van der Waals surface area contributed by atoms with Crippen molar-refractivity contribution in [2.45, 2.75) is 25.8 Å². The molecule has 166 valence electrons. The lowest BCUT2D eigenvalue weighted by Gasteiger charge is -2.29. The van der Waals surface area contributed by atoms with Crippen molar-refractivity contribution in [1.82, 2.24) is 15.5 Å². The van der Waals surface area contributed by atoms with Gasteiger partial charge in [-0.05, 0) is 63.2 Å². The average molecular weight is 426 g/mol. The number of methoxy groups -OCH3 is 1. The first-order valence-corrected chi connectivity index (χ1v) is 10.8. The normalized spacial score (nSPS) is 14.6. The topological polar surface area (TPSA) is 79.9 Å². The standard InChI is InChI=1S/C24H31N3O4/c1-3-31-19-12-10-18(11-13-19)24(29)26-17-23(28)25-16-21(27-14-6-7-15-27)20-8-4-5-9-22(20)30-2/h4-5,8-13,21H,3,6-7,14-17H2,1-2H3,(H,25,28)(H,26,29)/t21-/m0/s1. The Bertz CT molecular complexity index is 863. The van der Waals surface area contributed by atoms with Gasteiger partial charge >= 0.3 is 0 Å². The Hall–Kier alpha value is -3.06. The Kier molecular flexibility index (Phi) is 8.29. The number of rotatable bonds is 10. The number of carbonyl (C=O) groups is 2. The number of benzene rings is 2. The monoisotopic (exact) mass is 425 g/mol. The predicted molar refractivity (Wildman–Crippen MR) is 119 cm³/mol. The fraction of sp³-hybridized carbons (Fsp3) is 0.417. The molecular weight excluding hydrogens is 394 g/mol. The number of ether oxygens (including phenoxy) is 2. The number of hydrogen-bond donors (Lipinski definition) is 2. The van der Waals surface area contributed by atoms with Crippen molar-refractivity contribution in [2.75, 3.05) is 39.9 Å². The lowest BCUT2D eigenvalue weighted by atomic mass is 10.0. The van der Waals surface area contributed by atoms with E-state index in [1.807, 2.05) is 31.2 Å². The predicted octanol–water partition coefficient (Wildman–Crippen LogP) is 2.78. The maximum Gasteiger partial charge on any atom is 0.251 e. The Morgan fingerprint density at radius 3 is 2.42 bits per heavy atom. The van der Waals surface area contributed by atoms with Crippen LogP contribution in [0.15, 0.2) is 48.5 Å². The minimum absolute atomic E-state index is 0.0319. The van der Waals surface area contributed by atoms with Crippen molar-refractivity contribution < 1.29 is 19.1 Å². The van der Waals surface area contributed by atoms with Gasteiger partial charge in [0.15, 0.2) is 0 Å². The number of carbonyl (C=O) groups excluding carboxylic acids is 2. The third-order valence-corrected chi connectivity index (χ3v) is 5.41. The van der Waals surface area contributed by atoms with E-state index in [1.54, 1.807) is 31.4 Å². The molecule has 2 aromatic rings. The second-order valence-electron chi connectivity index (χ2n) is 7.44. The highest BCUT2D eigenvalue weighted by Crippen LogP contribution is 2.31. The van der Waals surface area contributed by atoms with Crippen LogP contribution in [-0.4, -0.2) is 56.6 Å². The van der Waals surface area contributed by atoms with Crippen LogP contribution in [0.25, 0.3) is 0 Å². The largest absolute Gasteiger partial charge is 0.496 e. The minimum atomic E-state index is -0.293. The smallest absolute Gasteiger partial charge is 0.251 e. The molecule has 0 spiro atoms. The third kappa shape index (κ3) is 6.21. The van der Waals surface area contributed by atoms with Crippen LogP contribution >= 0.6 is 0 Å². The zero-order chi connectivity index (χ0) is 22.1. The van der Waals surface area contributed by atoms with E-state index >= 15 is 0 Å². The van der Waals surface area contributed by atoms with E-state index in [0.717, 1.165) is 37.2 Å². The molecule has 1 fully saturated rings. The summed E-state index contributed by atoms with van der Waals surface area (Å²) in [5, 5.41) is 5.65. The van der Waals surface area contributed by atoms with Gasteiger partial charge in [0.05, 0.1) is 26.3 Å². The van der Waals surface area contributed by atoms with Crippen LogP contribution in [0.3, 0.4) is 0 Å². The molecule has 1 atom stereocenters. The molecule has 1 heterocycles. The lowest BCUT2D eigenvalue weighted by Crippen LogP contribution is -2.41. The molecule has 0 unspecified atom stereocenters. The SMILES string of the molecule is CCOc1ccc(C(=O)NCC(=O)NC[C@@H](c2ccccc2OC)N2CCCC2)cc1. The van der Waals surface area contributed by atoms with E-state index in [9.17, 15) is 9.59 Å². The number of nitrogens with zero attached hydrogens (tertiary/aromatic N) is 1. The number of nitrogens with one attached hydrogen (secondary N) is 2. The molecular formula is C24H31N3O4. The van der Waals surface area contributed by atoms with Gasteiger partial charge in [0.1, 0.15) is 11.5 Å². The molecule has 0 radical (unpaired) electrons. The molecule has 1 aliphatic rings. The molecule has 0 aliphatic carbocycles. The van der Waals surface area contributed by atoms with Gasteiger partial charge in [0.25, 0.3) is 5.91 Å². The van der Waals surface area contributed by atoms with Gasteiger partial charge in [-0.25, -0.2) is 0 Å². The third-order valence-electron chi connectivity index (χ3n) is 5.41. The highest BCUT2D eigenvalue weighted by Gasteiger charge is 2.26. The molecule has 0 bridgehead atoms. The highest BCUT2D eigenvalue weighted by molar-refractivity contribution is 5.96. The van der Waals surface area contributed by atoms with E-state index in [1.165, 1.54) is 0 Å². The molecule has 2 amide bonds. The summed E-state index contributed by atoms with van der Waals surface area (Å²) in [6, 6.07) is 14.8. The number of hydrogen-bond acceptors (Lipinski definition) is 5. The summed E-state index contributed by atoms with van der Waals surface area (Å²) in [6.07, 6.45) is 2.30. The average Bonchev–Trinajstić information content (AvgIpc) is 3.33. The summed E-state index contributed by atoms with van der Waals surface area (Å²) in [4.78, 5) is 27.1. The lowest BCUT2D eigenvalue weighted by molar-refractivity contribution is -0.120. The van der Waals surface area contributed by atoms with Crippen molar-refractivity contribution >= 4 is 11.8 Å². The van der Waals surface area contributed by atoms with Crippen LogP contribution in [0.4, 0.5) is 0 Å². The van der Waals surface area contributed by atoms with Gasteiger partial charge in [-0.3, -0.25) is 14.5 Å². The second kappa shape index (κ2) is 11.4. The van der Waals surface area contributed by atoms with Gasteiger partial charge in [-0.15, -0.1) is 0 Å². The molecule has 0 saturated carbocycles. The number of amides is 2. The highest BCUT2D eigenvalue weighted by atomic mass is 16.5. The van der Waals surface area contributed by atoms with Crippen LogP contribution in [0.2, 0.25) is 0 Å². The Morgan fingerprint density at radius 2 is 1.74 bits per heavy atom. The van der Waals surface area contributed by atoms with E-state index in [2.05, 4.69) is 15.5 Å². The summed E-state index contributed by atoms with van der Waals surface area (Å²) < 4.78 is 10.9.